The van der Waals surface area contributed by atoms with Crippen LogP contribution in [-0.2, 0) is 0 Å². The number of fused-ring (bicyclic) bond motifs is 4. The first kappa shape index (κ1) is 37.8. The highest BCUT2D eigenvalue weighted by Crippen LogP contribution is 2.41. The fourth-order valence-electron chi connectivity index (χ4n) is 7.96. The maximum absolute atomic E-state index is 13.0. The van der Waals surface area contributed by atoms with E-state index in [0.717, 1.165) is 105 Å². The van der Waals surface area contributed by atoms with E-state index in [-0.39, 0.29) is 17.4 Å². The number of rotatable bonds is 18. The Kier molecular flexibility index (Phi) is 13.3. The zero-order valence-electron chi connectivity index (χ0n) is 29.7. The Bertz CT molecular complexity index is 1830. The molecule has 1 amide bonds. The minimum atomic E-state index is -0.888. The molecule has 52 heavy (non-hydrogen) atoms. The molecule has 3 atom stereocenters. The highest BCUT2D eigenvalue weighted by molar-refractivity contribution is 9.10. The Morgan fingerprint density at radius 2 is 1.67 bits per heavy atom. The minimum Gasteiger partial charge on any atom is -0.506 e. The first-order valence-corrected chi connectivity index (χ1v) is 19.5. The van der Waals surface area contributed by atoms with Crippen molar-refractivity contribution in [2.45, 2.75) is 76.0 Å². The number of aliphatic hydroxyl groups is 1. The molecule has 0 saturated carbocycles. The highest BCUT2D eigenvalue weighted by Gasteiger charge is 2.43. The number of aromatic amines is 1. The molecule has 5 N–H and O–H groups in total. The normalized spacial score (nSPS) is 19.4. The number of amides is 1. The topological polar surface area (TPSA) is 138 Å². The van der Waals surface area contributed by atoms with E-state index in [9.17, 15) is 24.9 Å². The summed E-state index contributed by atoms with van der Waals surface area (Å²) in [6, 6.07) is 21.6. The number of ether oxygens (including phenoxy) is 1. The SMILES string of the molecule is O=C(O)N(C1CN2CCC1CC2)[C@H](c1ccccc1)c1cc(OCCCCCCCCCNC[C@H](O)c2ccc(O)c3[nH]c(=O)ccc23)ccc1Br. The van der Waals surface area contributed by atoms with Gasteiger partial charge in [-0.25, -0.2) is 4.79 Å². The summed E-state index contributed by atoms with van der Waals surface area (Å²) in [6.45, 7) is 4.69. The van der Waals surface area contributed by atoms with Crippen molar-refractivity contribution < 1.29 is 24.9 Å². The lowest BCUT2D eigenvalue weighted by Crippen LogP contribution is -2.59. The van der Waals surface area contributed by atoms with Crippen molar-refractivity contribution >= 4 is 32.9 Å². The van der Waals surface area contributed by atoms with Gasteiger partial charge in [0.25, 0.3) is 0 Å². The molecule has 10 nitrogen and oxygen atoms in total. The molecule has 3 aliphatic heterocycles. The minimum absolute atomic E-state index is 0.0134. The summed E-state index contributed by atoms with van der Waals surface area (Å²) < 4.78 is 7.10. The lowest BCUT2D eigenvalue weighted by molar-refractivity contribution is -0.000902. The van der Waals surface area contributed by atoms with Gasteiger partial charge < -0.3 is 35.3 Å². The van der Waals surface area contributed by atoms with Gasteiger partial charge in [-0.05, 0) is 98.3 Å². The number of unbranched alkanes of at least 4 members (excludes halogenated alkanes) is 6. The van der Waals surface area contributed by atoms with Gasteiger partial charge in [-0.2, -0.15) is 0 Å². The molecule has 7 rings (SSSR count). The number of phenolic OH excluding ortho intramolecular Hbond substituents is 1. The second-order valence-electron chi connectivity index (χ2n) is 14.2. The summed E-state index contributed by atoms with van der Waals surface area (Å²) in [4.78, 5) is 31.4. The van der Waals surface area contributed by atoms with Crippen LogP contribution in [0.5, 0.6) is 11.5 Å². The number of aromatic hydroxyl groups is 1. The maximum atomic E-state index is 13.0. The first-order chi connectivity index (χ1) is 25.3. The van der Waals surface area contributed by atoms with E-state index in [1.807, 2.05) is 48.5 Å². The van der Waals surface area contributed by atoms with Gasteiger partial charge in [-0.3, -0.25) is 9.69 Å². The summed E-state index contributed by atoms with van der Waals surface area (Å²) >= 11 is 3.76. The van der Waals surface area contributed by atoms with Crippen molar-refractivity contribution in [1.29, 1.82) is 0 Å². The van der Waals surface area contributed by atoms with E-state index in [0.29, 0.717) is 35.5 Å². The van der Waals surface area contributed by atoms with Crippen molar-refractivity contribution in [2.24, 2.45) is 5.92 Å². The number of aliphatic hydroxyl groups excluding tert-OH is 1. The number of hydrogen-bond acceptors (Lipinski definition) is 7. The molecule has 4 heterocycles. The number of benzene rings is 3. The van der Waals surface area contributed by atoms with Crippen molar-refractivity contribution in [3.63, 3.8) is 0 Å². The number of hydrogen-bond donors (Lipinski definition) is 5. The Hall–Kier alpha value is -3.90. The van der Waals surface area contributed by atoms with E-state index in [1.165, 1.54) is 12.1 Å². The Balaban J connectivity index is 0.921. The number of carboxylic acid groups (broad SMARTS) is 1. The fourth-order valence-corrected chi connectivity index (χ4v) is 8.43. The van der Waals surface area contributed by atoms with Crippen molar-refractivity contribution in [1.82, 2.24) is 20.1 Å². The average Bonchev–Trinajstić information content (AvgIpc) is 3.16. The molecule has 278 valence electrons. The molecule has 0 spiro atoms. The number of aromatic nitrogens is 1. The number of piperidine rings is 3. The second kappa shape index (κ2) is 18.2. The number of phenols is 1. The molecule has 4 aromatic rings. The van der Waals surface area contributed by atoms with Crippen LogP contribution in [-0.4, -0.2) is 81.6 Å². The third kappa shape index (κ3) is 9.36. The number of pyridine rings is 1. The molecule has 1 aromatic heterocycles. The predicted molar refractivity (Wildman–Crippen MR) is 207 cm³/mol. The van der Waals surface area contributed by atoms with Gasteiger partial charge in [0.15, 0.2) is 0 Å². The fraction of sp³-hybridized carbons (Fsp3) is 0.463. The van der Waals surface area contributed by atoms with Crippen LogP contribution in [0.2, 0.25) is 0 Å². The lowest BCUT2D eigenvalue weighted by atomic mass is 9.81. The summed E-state index contributed by atoms with van der Waals surface area (Å²) in [7, 11) is 0. The third-order valence-corrected chi connectivity index (χ3v) is 11.4. The van der Waals surface area contributed by atoms with Gasteiger partial charge in [-0.15, -0.1) is 0 Å². The van der Waals surface area contributed by atoms with Crippen molar-refractivity contribution in [3.8, 4) is 11.5 Å². The van der Waals surface area contributed by atoms with Crippen LogP contribution >= 0.6 is 15.9 Å². The van der Waals surface area contributed by atoms with Crippen LogP contribution in [0.25, 0.3) is 10.9 Å². The largest absolute Gasteiger partial charge is 0.506 e. The van der Waals surface area contributed by atoms with Crippen molar-refractivity contribution in [3.05, 3.63) is 104 Å². The molecule has 3 aromatic carbocycles. The molecule has 0 radical (unpaired) electrons. The molecule has 2 bridgehead atoms. The number of nitrogens with zero attached hydrogens (tertiary/aromatic N) is 2. The molecule has 11 heteroatoms. The lowest BCUT2D eigenvalue weighted by Gasteiger charge is -2.50. The van der Waals surface area contributed by atoms with E-state index in [4.69, 9.17) is 4.74 Å². The van der Waals surface area contributed by atoms with Gasteiger partial charge in [0.2, 0.25) is 5.56 Å². The quantitative estimate of drug-likeness (QED) is 0.0653. The van der Waals surface area contributed by atoms with Crippen LogP contribution in [0.3, 0.4) is 0 Å². The summed E-state index contributed by atoms with van der Waals surface area (Å²) in [5.41, 5.74) is 2.57. The number of nitrogens with one attached hydrogen (secondary N) is 2. The Morgan fingerprint density at radius 3 is 2.38 bits per heavy atom. The maximum Gasteiger partial charge on any atom is 0.408 e. The van der Waals surface area contributed by atoms with E-state index < -0.39 is 18.2 Å². The van der Waals surface area contributed by atoms with Crippen LogP contribution in [0.15, 0.2) is 82.1 Å². The molecule has 0 aliphatic carbocycles. The van der Waals surface area contributed by atoms with E-state index in [2.05, 4.69) is 31.1 Å². The molecular formula is C41H51BrN4O6. The van der Waals surface area contributed by atoms with Crippen LogP contribution < -0.4 is 15.6 Å². The van der Waals surface area contributed by atoms with Gasteiger partial charge >= 0.3 is 6.09 Å². The smallest absolute Gasteiger partial charge is 0.408 e. The molecular weight excluding hydrogens is 724 g/mol. The van der Waals surface area contributed by atoms with Gasteiger partial charge in [-0.1, -0.05) is 84.4 Å². The first-order valence-electron chi connectivity index (χ1n) is 18.7. The molecule has 3 fully saturated rings. The number of carbonyl (C=O) groups is 1. The van der Waals surface area contributed by atoms with E-state index in [1.54, 1.807) is 17.0 Å². The van der Waals surface area contributed by atoms with Crippen LogP contribution in [0.4, 0.5) is 4.79 Å². The zero-order valence-corrected chi connectivity index (χ0v) is 31.3. The standard InChI is InChI=1S/C41H51BrN4O6/c42-34-16-13-30(25-33(34)40(29-11-7-6-8-12-29)46(41(50)51)35-27-45-22-19-28(35)20-23-45)52-24-10-5-3-1-2-4-9-21-43-26-37(48)31-14-17-36(47)39-32(31)15-18-38(49)44-39/h6-8,11-18,25,28,35,37,40,43,47-48H,1-5,9-10,19-24,26-27H2,(H,44,49)(H,50,51)/t35?,37-,40+/m0/s1. The van der Waals surface area contributed by atoms with Gasteiger partial charge in [0, 0.05) is 29.0 Å². The summed E-state index contributed by atoms with van der Waals surface area (Å²) in [5, 5.41) is 35.4. The van der Waals surface area contributed by atoms with Crippen LogP contribution in [0, 0.1) is 5.92 Å². The molecule has 3 aliphatic rings. The second-order valence-corrected chi connectivity index (χ2v) is 15.1. The summed E-state index contributed by atoms with van der Waals surface area (Å²) in [6.07, 6.45) is 8.05. The molecule has 3 saturated heterocycles. The third-order valence-electron chi connectivity index (χ3n) is 10.7. The zero-order chi connectivity index (χ0) is 36.5. The average molecular weight is 776 g/mol. The van der Waals surface area contributed by atoms with Crippen LogP contribution in [0.1, 0.15) is 86.6 Å². The Morgan fingerprint density at radius 1 is 0.942 bits per heavy atom. The van der Waals surface area contributed by atoms with E-state index >= 15 is 0 Å². The predicted octanol–water partition coefficient (Wildman–Crippen LogP) is 7.59. The van der Waals surface area contributed by atoms with Gasteiger partial charge in [0.1, 0.15) is 11.5 Å². The van der Waals surface area contributed by atoms with Crippen molar-refractivity contribution in [2.75, 3.05) is 39.3 Å². The monoisotopic (exact) mass is 774 g/mol. The summed E-state index contributed by atoms with van der Waals surface area (Å²) in [5.74, 6) is 1.11. The number of halogens is 1. The number of H-pyrrole nitrogens is 1. The highest BCUT2D eigenvalue weighted by atomic mass is 79.9. The Labute approximate surface area is 313 Å². The van der Waals surface area contributed by atoms with Gasteiger partial charge in [0.05, 0.1) is 30.3 Å². The molecule has 1 unspecified atom stereocenters.